The van der Waals surface area contributed by atoms with Crippen LogP contribution in [0.1, 0.15) is 17.5 Å². The van der Waals surface area contributed by atoms with Gasteiger partial charge in [0.05, 0.1) is 11.0 Å². The molecule has 122 valence electrons. The smallest absolute Gasteiger partial charge is 0.261 e. The number of hydrogen-bond acceptors (Lipinski definition) is 2. The molecule has 1 aliphatic heterocycles. The molecule has 2 nitrogen and oxygen atoms in total. The average molecular weight is 382 g/mol. The molecule has 0 spiro atoms. The first kappa shape index (κ1) is 16.4. The molecule has 2 aromatic carbocycles. The van der Waals surface area contributed by atoms with Gasteiger partial charge in [-0.25, -0.2) is 8.78 Å². The molecule has 1 heterocycles. The molecule has 0 aromatic heterocycles. The second-order valence-corrected chi connectivity index (χ2v) is 6.71. The van der Waals surface area contributed by atoms with Crippen LogP contribution in [0.25, 0.3) is 0 Å². The fraction of sp³-hybridized carbons (Fsp3) is 0.333. The van der Waals surface area contributed by atoms with Crippen molar-refractivity contribution in [1.82, 2.24) is 4.90 Å². The first-order chi connectivity index (χ1) is 11.0. The van der Waals surface area contributed by atoms with Gasteiger partial charge in [-0.05, 0) is 39.2 Å². The maximum Gasteiger partial charge on any atom is 0.261 e. The third-order valence-electron chi connectivity index (χ3n) is 3.89. The van der Waals surface area contributed by atoms with Gasteiger partial charge in [0.15, 0.2) is 0 Å². The zero-order valence-corrected chi connectivity index (χ0v) is 14.2. The second-order valence-electron chi connectivity index (χ2n) is 5.86. The molecule has 1 aliphatic rings. The van der Waals surface area contributed by atoms with Gasteiger partial charge in [-0.3, -0.25) is 4.90 Å². The van der Waals surface area contributed by atoms with E-state index >= 15 is 0 Å². The number of hydrogen-bond donors (Lipinski definition) is 0. The van der Waals surface area contributed by atoms with E-state index < -0.39 is 5.92 Å². The lowest BCUT2D eigenvalue weighted by Crippen LogP contribution is -2.24. The van der Waals surface area contributed by atoms with Crippen LogP contribution in [0.3, 0.4) is 0 Å². The molecular weight excluding hydrogens is 364 g/mol. The largest absolute Gasteiger partial charge is 0.488 e. The van der Waals surface area contributed by atoms with E-state index in [0.717, 1.165) is 21.3 Å². The molecule has 0 atom stereocenters. The lowest BCUT2D eigenvalue weighted by Gasteiger charge is -2.17. The van der Waals surface area contributed by atoms with Gasteiger partial charge in [-0.2, -0.15) is 0 Å². The standard InChI is InChI=1S/C18H18BrF2NO/c19-16-7-6-15(11-22-9-8-18(20,21)13-22)10-17(16)23-12-14-4-2-1-3-5-14/h1-7,10H,8-9,11-13H2. The highest BCUT2D eigenvalue weighted by molar-refractivity contribution is 9.10. The van der Waals surface area contributed by atoms with Gasteiger partial charge in [0.1, 0.15) is 12.4 Å². The molecule has 0 aliphatic carbocycles. The molecular formula is C18H18BrF2NO. The summed E-state index contributed by atoms with van der Waals surface area (Å²) in [7, 11) is 0. The van der Waals surface area contributed by atoms with Crippen LogP contribution >= 0.6 is 15.9 Å². The van der Waals surface area contributed by atoms with E-state index in [1.165, 1.54) is 0 Å². The van der Waals surface area contributed by atoms with Crippen molar-refractivity contribution in [2.24, 2.45) is 0 Å². The quantitative estimate of drug-likeness (QED) is 0.732. The fourth-order valence-electron chi connectivity index (χ4n) is 2.69. The summed E-state index contributed by atoms with van der Waals surface area (Å²) in [6.07, 6.45) is -0.0547. The maximum atomic E-state index is 13.3. The molecule has 0 saturated carbocycles. The summed E-state index contributed by atoms with van der Waals surface area (Å²) in [5, 5.41) is 0. The Kier molecular flexibility index (Phi) is 4.97. The molecule has 3 rings (SSSR count). The van der Waals surface area contributed by atoms with E-state index in [1.54, 1.807) is 4.90 Å². The summed E-state index contributed by atoms with van der Waals surface area (Å²) in [5.74, 6) is -1.82. The predicted octanol–water partition coefficient (Wildman–Crippen LogP) is 4.87. The van der Waals surface area contributed by atoms with E-state index in [4.69, 9.17) is 4.74 Å². The van der Waals surface area contributed by atoms with E-state index in [1.807, 2.05) is 48.5 Å². The summed E-state index contributed by atoms with van der Waals surface area (Å²) in [6, 6.07) is 15.7. The third-order valence-corrected chi connectivity index (χ3v) is 4.54. The highest BCUT2D eigenvalue weighted by Gasteiger charge is 2.37. The predicted molar refractivity (Wildman–Crippen MR) is 89.8 cm³/mol. The topological polar surface area (TPSA) is 12.5 Å². The number of benzene rings is 2. The Labute approximate surface area is 143 Å². The summed E-state index contributed by atoms with van der Waals surface area (Å²) < 4.78 is 33.3. The number of likely N-dealkylation sites (tertiary alicyclic amines) is 1. The van der Waals surface area contributed by atoms with Crippen molar-refractivity contribution in [3.63, 3.8) is 0 Å². The molecule has 2 aromatic rings. The maximum absolute atomic E-state index is 13.3. The normalized spacial score (nSPS) is 17.3. The van der Waals surface area contributed by atoms with Gasteiger partial charge >= 0.3 is 0 Å². The Balaban J connectivity index is 1.65. The van der Waals surface area contributed by atoms with Gasteiger partial charge in [0.2, 0.25) is 0 Å². The molecule has 0 unspecified atom stereocenters. The lowest BCUT2D eigenvalue weighted by molar-refractivity contribution is 0.0115. The van der Waals surface area contributed by atoms with Crippen LogP contribution in [0.2, 0.25) is 0 Å². The minimum absolute atomic E-state index is 0.0547. The monoisotopic (exact) mass is 381 g/mol. The van der Waals surface area contributed by atoms with Crippen LogP contribution < -0.4 is 4.74 Å². The molecule has 0 N–H and O–H groups in total. The van der Waals surface area contributed by atoms with Crippen LogP contribution in [-0.2, 0) is 13.2 Å². The molecule has 23 heavy (non-hydrogen) atoms. The molecule has 0 amide bonds. The van der Waals surface area contributed by atoms with Crippen molar-refractivity contribution in [2.45, 2.75) is 25.5 Å². The SMILES string of the molecule is FC1(F)CCN(Cc2ccc(Br)c(OCc3ccccc3)c2)C1. The van der Waals surface area contributed by atoms with Crippen molar-refractivity contribution < 1.29 is 13.5 Å². The first-order valence-corrected chi connectivity index (χ1v) is 8.36. The zero-order valence-electron chi connectivity index (χ0n) is 12.6. The molecule has 1 saturated heterocycles. The van der Waals surface area contributed by atoms with Crippen LogP contribution in [-0.4, -0.2) is 23.9 Å². The highest BCUT2D eigenvalue weighted by Crippen LogP contribution is 2.30. The fourth-order valence-corrected chi connectivity index (χ4v) is 3.05. The van der Waals surface area contributed by atoms with Crippen LogP contribution in [0.5, 0.6) is 5.75 Å². The van der Waals surface area contributed by atoms with Crippen molar-refractivity contribution >= 4 is 15.9 Å². The van der Waals surface area contributed by atoms with E-state index in [-0.39, 0.29) is 13.0 Å². The molecule has 0 radical (unpaired) electrons. The van der Waals surface area contributed by atoms with Crippen LogP contribution in [0.15, 0.2) is 53.0 Å². The van der Waals surface area contributed by atoms with Gasteiger partial charge in [0.25, 0.3) is 5.92 Å². The third kappa shape index (κ3) is 4.52. The number of halogens is 3. The van der Waals surface area contributed by atoms with Crippen LogP contribution in [0.4, 0.5) is 8.78 Å². The van der Waals surface area contributed by atoms with Gasteiger partial charge in [0, 0.05) is 19.5 Å². The minimum atomic E-state index is -2.55. The Hall–Kier alpha value is -1.46. The van der Waals surface area contributed by atoms with Crippen LogP contribution in [0, 0.1) is 0 Å². The number of nitrogens with zero attached hydrogens (tertiary/aromatic N) is 1. The zero-order chi connectivity index (χ0) is 16.3. The van der Waals surface area contributed by atoms with Gasteiger partial charge in [-0.1, -0.05) is 36.4 Å². The summed E-state index contributed by atoms with van der Waals surface area (Å²) in [6.45, 7) is 1.27. The lowest BCUT2D eigenvalue weighted by atomic mass is 10.2. The van der Waals surface area contributed by atoms with Crippen molar-refractivity contribution in [3.05, 3.63) is 64.1 Å². The Morgan fingerprint density at radius 2 is 1.87 bits per heavy atom. The average Bonchev–Trinajstić information content (AvgIpc) is 2.87. The van der Waals surface area contributed by atoms with Gasteiger partial charge < -0.3 is 4.74 Å². The molecule has 1 fully saturated rings. The Bertz CT molecular complexity index is 663. The van der Waals surface area contributed by atoms with Crippen molar-refractivity contribution in [3.8, 4) is 5.75 Å². The Morgan fingerprint density at radius 3 is 2.57 bits per heavy atom. The van der Waals surface area contributed by atoms with E-state index in [2.05, 4.69) is 15.9 Å². The summed E-state index contributed by atoms with van der Waals surface area (Å²) in [4.78, 5) is 1.78. The highest BCUT2D eigenvalue weighted by atomic mass is 79.9. The van der Waals surface area contributed by atoms with Crippen molar-refractivity contribution in [2.75, 3.05) is 13.1 Å². The number of ether oxygens (including phenoxy) is 1. The number of alkyl halides is 2. The Morgan fingerprint density at radius 1 is 1.09 bits per heavy atom. The molecule has 5 heteroatoms. The van der Waals surface area contributed by atoms with Crippen molar-refractivity contribution in [1.29, 1.82) is 0 Å². The minimum Gasteiger partial charge on any atom is -0.488 e. The summed E-state index contributed by atoms with van der Waals surface area (Å²) in [5.41, 5.74) is 2.07. The van der Waals surface area contributed by atoms with E-state index in [0.29, 0.717) is 19.7 Å². The summed E-state index contributed by atoms with van der Waals surface area (Å²) >= 11 is 3.48. The molecule has 0 bridgehead atoms. The van der Waals surface area contributed by atoms with Gasteiger partial charge in [-0.15, -0.1) is 0 Å². The first-order valence-electron chi connectivity index (χ1n) is 7.57. The second kappa shape index (κ2) is 6.97. The number of rotatable bonds is 5. The van der Waals surface area contributed by atoms with E-state index in [9.17, 15) is 8.78 Å².